The molecule has 0 aliphatic rings. The second-order valence-corrected chi connectivity index (χ2v) is 7.63. The van der Waals surface area contributed by atoms with Crippen molar-refractivity contribution in [1.29, 1.82) is 0 Å². The molecule has 1 amide bonds. The maximum absolute atomic E-state index is 12.5. The summed E-state index contributed by atoms with van der Waals surface area (Å²) in [6, 6.07) is 6.71. The summed E-state index contributed by atoms with van der Waals surface area (Å²) in [4.78, 5) is 30.2. The molecule has 0 radical (unpaired) electrons. The lowest BCUT2D eigenvalue weighted by Gasteiger charge is -2.14. The Balaban J connectivity index is 0.000000429. The fraction of sp³-hybridized carbons (Fsp3) is 0.150. The van der Waals surface area contributed by atoms with E-state index in [0.29, 0.717) is 32.8 Å². The van der Waals surface area contributed by atoms with Crippen LogP contribution in [0.5, 0.6) is 0 Å². The standard InChI is InChI=1S/C18H14Cl2N6O2.C2HF3O2/c1-9-12(7-21)16(11-3-2-10(19)6-13(11)20)26-8-14(23-18(26)22-9)17(27)24-15-4-5-28-25-15;3-2(4,5)1(6)7/h2-6,8H,7,21H2,1H3,(H,24,25,27);(H,6,7). The summed E-state index contributed by atoms with van der Waals surface area (Å²) >= 11 is 12.5. The van der Waals surface area contributed by atoms with Crippen LogP contribution in [-0.2, 0) is 11.3 Å². The van der Waals surface area contributed by atoms with Gasteiger partial charge in [-0.3, -0.25) is 9.20 Å². The fourth-order valence-electron chi connectivity index (χ4n) is 2.93. The zero-order chi connectivity index (χ0) is 25.9. The van der Waals surface area contributed by atoms with Crippen LogP contribution in [0.1, 0.15) is 21.7 Å². The van der Waals surface area contributed by atoms with Crippen molar-refractivity contribution in [3.05, 3.63) is 63.7 Å². The van der Waals surface area contributed by atoms with Crippen molar-refractivity contribution in [2.24, 2.45) is 5.73 Å². The maximum atomic E-state index is 12.5. The number of carbonyl (C=O) groups is 2. The number of carboxylic acid groups (broad SMARTS) is 1. The van der Waals surface area contributed by atoms with Gasteiger partial charge in [-0.1, -0.05) is 28.4 Å². The lowest BCUT2D eigenvalue weighted by molar-refractivity contribution is -0.192. The number of amides is 1. The second kappa shape index (κ2) is 10.3. The number of fused-ring (bicyclic) bond motifs is 1. The molecular weight excluding hydrogens is 516 g/mol. The molecule has 0 unspecified atom stereocenters. The van der Waals surface area contributed by atoms with E-state index < -0.39 is 18.1 Å². The third kappa shape index (κ3) is 5.88. The Morgan fingerprint density at radius 3 is 2.46 bits per heavy atom. The number of benzene rings is 1. The number of imidazole rings is 1. The smallest absolute Gasteiger partial charge is 0.475 e. The molecule has 0 aliphatic carbocycles. The maximum Gasteiger partial charge on any atom is 0.490 e. The third-order valence-corrected chi connectivity index (χ3v) is 5.01. The number of nitrogens with one attached hydrogen (secondary N) is 1. The minimum absolute atomic E-state index is 0.162. The highest BCUT2D eigenvalue weighted by Crippen LogP contribution is 2.34. The molecule has 0 atom stereocenters. The lowest BCUT2D eigenvalue weighted by Crippen LogP contribution is -2.21. The first kappa shape index (κ1) is 25.9. The van der Waals surface area contributed by atoms with Crippen molar-refractivity contribution in [3.8, 4) is 11.3 Å². The van der Waals surface area contributed by atoms with Crippen LogP contribution in [0.25, 0.3) is 17.0 Å². The highest BCUT2D eigenvalue weighted by molar-refractivity contribution is 6.36. The van der Waals surface area contributed by atoms with Gasteiger partial charge in [-0.2, -0.15) is 13.2 Å². The number of carboxylic acids is 1. The average molecular weight is 531 g/mol. The first-order chi connectivity index (χ1) is 16.4. The molecule has 4 rings (SSSR count). The van der Waals surface area contributed by atoms with Crippen molar-refractivity contribution in [3.63, 3.8) is 0 Å². The predicted octanol–water partition coefficient (Wildman–Crippen LogP) is 4.34. The molecule has 0 fully saturated rings. The summed E-state index contributed by atoms with van der Waals surface area (Å²) in [6.45, 7) is 2.07. The number of aliphatic carboxylic acids is 1. The summed E-state index contributed by atoms with van der Waals surface area (Å²) in [5.74, 6) is -2.57. The largest absolute Gasteiger partial charge is 0.490 e. The number of hydrogen-bond donors (Lipinski definition) is 3. The van der Waals surface area contributed by atoms with E-state index in [-0.39, 0.29) is 18.1 Å². The zero-order valence-electron chi connectivity index (χ0n) is 17.6. The van der Waals surface area contributed by atoms with Gasteiger partial charge >= 0.3 is 12.1 Å². The monoisotopic (exact) mass is 530 g/mol. The average Bonchev–Trinajstić information content (AvgIpc) is 3.42. The quantitative estimate of drug-likeness (QED) is 0.352. The number of nitrogens with two attached hydrogens (primary N) is 1. The minimum atomic E-state index is -5.08. The molecule has 35 heavy (non-hydrogen) atoms. The molecule has 184 valence electrons. The van der Waals surface area contributed by atoms with Crippen LogP contribution in [0, 0.1) is 6.92 Å². The van der Waals surface area contributed by atoms with Gasteiger partial charge in [0.05, 0.1) is 10.7 Å². The Morgan fingerprint density at radius 1 is 1.23 bits per heavy atom. The van der Waals surface area contributed by atoms with Gasteiger partial charge < -0.3 is 20.7 Å². The molecular formula is C20H15Cl2F3N6O4. The van der Waals surface area contributed by atoms with Crippen LogP contribution in [0.3, 0.4) is 0 Å². The van der Waals surface area contributed by atoms with Gasteiger partial charge in [0, 0.05) is 40.7 Å². The molecule has 3 aromatic heterocycles. The summed E-state index contributed by atoms with van der Waals surface area (Å²) in [5, 5.41) is 14.4. The highest BCUT2D eigenvalue weighted by Gasteiger charge is 2.38. The van der Waals surface area contributed by atoms with E-state index in [4.69, 9.17) is 43.4 Å². The van der Waals surface area contributed by atoms with Gasteiger partial charge in [-0.05, 0) is 25.1 Å². The molecule has 0 bridgehead atoms. The molecule has 0 saturated carbocycles. The van der Waals surface area contributed by atoms with Gasteiger partial charge in [0.25, 0.3) is 5.91 Å². The minimum Gasteiger partial charge on any atom is -0.475 e. The Bertz CT molecular complexity index is 1390. The van der Waals surface area contributed by atoms with Gasteiger partial charge in [0.15, 0.2) is 5.82 Å². The number of aryl methyl sites for hydroxylation is 1. The van der Waals surface area contributed by atoms with Crippen LogP contribution in [0.2, 0.25) is 10.0 Å². The van der Waals surface area contributed by atoms with Crippen molar-refractivity contribution in [1.82, 2.24) is 19.5 Å². The topological polar surface area (TPSA) is 149 Å². The van der Waals surface area contributed by atoms with Crippen molar-refractivity contribution < 1.29 is 32.4 Å². The number of alkyl halides is 3. The summed E-state index contributed by atoms with van der Waals surface area (Å²) in [5.41, 5.74) is 9.05. The number of aromatic nitrogens is 4. The van der Waals surface area contributed by atoms with Crippen molar-refractivity contribution in [2.75, 3.05) is 5.32 Å². The van der Waals surface area contributed by atoms with Gasteiger partial charge in [0.1, 0.15) is 12.0 Å². The fourth-order valence-corrected chi connectivity index (χ4v) is 3.43. The number of halogens is 5. The first-order valence-corrected chi connectivity index (χ1v) is 10.2. The SMILES string of the molecule is Cc1nc2nc(C(=O)Nc3ccon3)cn2c(-c2ccc(Cl)cc2Cl)c1CN.O=C(O)C(F)(F)F. The molecule has 0 spiro atoms. The Hall–Kier alpha value is -3.68. The van der Waals surface area contributed by atoms with Gasteiger partial charge in [0.2, 0.25) is 5.78 Å². The van der Waals surface area contributed by atoms with Crippen LogP contribution in [0.4, 0.5) is 19.0 Å². The van der Waals surface area contributed by atoms with Gasteiger partial charge in [-0.15, -0.1) is 0 Å². The Morgan fingerprint density at radius 2 is 1.91 bits per heavy atom. The van der Waals surface area contributed by atoms with Crippen LogP contribution in [0.15, 0.2) is 41.2 Å². The Labute approximate surface area is 204 Å². The van der Waals surface area contributed by atoms with Crippen LogP contribution >= 0.6 is 23.2 Å². The van der Waals surface area contributed by atoms with Crippen molar-refractivity contribution >= 4 is 46.7 Å². The van der Waals surface area contributed by atoms with E-state index in [1.165, 1.54) is 12.3 Å². The van der Waals surface area contributed by atoms with Crippen LogP contribution in [-0.4, -0.2) is 42.7 Å². The molecule has 0 aliphatic heterocycles. The number of nitrogens with zero attached hydrogens (tertiary/aromatic N) is 4. The van der Waals surface area contributed by atoms with Crippen LogP contribution < -0.4 is 11.1 Å². The van der Waals surface area contributed by atoms with E-state index in [2.05, 4.69) is 20.4 Å². The summed E-state index contributed by atoms with van der Waals surface area (Å²) in [6.07, 6.45) is -2.14. The zero-order valence-corrected chi connectivity index (χ0v) is 19.1. The summed E-state index contributed by atoms with van der Waals surface area (Å²) in [7, 11) is 0. The first-order valence-electron chi connectivity index (χ1n) is 9.48. The number of anilines is 1. The normalized spacial score (nSPS) is 11.2. The van der Waals surface area contributed by atoms with E-state index in [9.17, 15) is 18.0 Å². The van der Waals surface area contributed by atoms with Crippen molar-refractivity contribution in [2.45, 2.75) is 19.6 Å². The van der Waals surface area contributed by atoms with Gasteiger partial charge in [-0.25, -0.2) is 14.8 Å². The second-order valence-electron chi connectivity index (χ2n) is 6.79. The Kier molecular flexibility index (Phi) is 7.63. The predicted molar refractivity (Wildman–Crippen MR) is 119 cm³/mol. The number of carbonyl (C=O) groups excluding carboxylic acids is 1. The molecule has 1 aromatic carbocycles. The molecule has 4 N–H and O–H groups in total. The molecule has 10 nitrogen and oxygen atoms in total. The summed E-state index contributed by atoms with van der Waals surface area (Å²) < 4.78 is 38.1. The third-order valence-electron chi connectivity index (χ3n) is 4.46. The molecule has 4 aromatic rings. The number of rotatable bonds is 4. The molecule has 3 heterocycles. The molecule has 15 heteroatoms. The van der Waals surface area contributed by atoms with E-state index in [1.807, 2.05) is 6.92 Å². The number of hydrogen-bond acceptors (Lipinski definition) is 7. The lowest BCUT2D eigenvalue weighted by atomic mass is 10.0. The van der Waals surface area contributed by atoms with E-state index >= 15 is 0 Å². The van der Waals surface area contributed by atoms with E-state index in [1.54, 1.807) is 28.8 Å². The highest BCUT2D eigenvalue weighted by atomic mass is 35.5. The van der Waals surface area contributed by atoms with E-state index in [0.717, 1.165) is 5.56 Å². The molecule has 0 saturated heterocycles.